The number of β-amino-alcohol motifs (C(OH)–C–C–N with tert-alkyl or cyclic N) is 1. The van der Waals surface area contributed by atoms with Gasteiger partial charge in [-0.2, -0.15) is 5.26 Å². The van der Waals surface area contributed by atoms with Crippen LogP contribution in [0.5, 0.6) is 0 Å². The van der Waals surface area contributed by atoms with E-state index in [0.29, 0.717) is 57.7 Å². The Balaban J connectivity index is 1.26. The second-order valence-corrected chi connectivity index (χ2v) is 11.7. The molecule has 3 aromatic heterocycles. The fraction of sp³-hybridized carbons (Fsp3) is 0.235. The zero-order chi connectivity index (χ0) is 30.5. The van der Waals surface area contributed by atoms with Crippen LogP contribution in [-0.4, -0.2) is 53.9 Å². The van der Waals surface area contributed by atoms with E-state index in [1.54, 1.807) is 16.6 Å². The molecule has 2 N–H and O–H groups in total. The summed E-state index contributed by atoms with van der Waals surface area (Å²) in [7, 11) is 0. The monoisotopic (exact) mass is 604 g/mol. The van der Waals surface area contributed by atoms with Crippen molar-refractivity contribution in [2.75, 3.05) is 13.1 Å². The van der Waals surface area contributed by atoms with Gasteiger partial charge in [-0.05, 0) is 77.9 Å². The Morgan fingerprint density at radius 2 is 1.73 bits per heavy atom. The summed E-state index contributed by atoms with van der Waals surface area (Å²) in [5, 5.41) is 34.5. The molecular formula is C34H29ClN6O3. The summed E-state index contributed by atoms with van der Waals surface area (Å²) in [4.78, 5) is 11.7. The van der Waals surface area contributed by atoms with Crippen LogP contribution in [0.25, 0.3) is 50.7 Å². The van der Waals surface area contributed by atoms with Crippen LogP contribution in [0.1, 0.15) is 34.2 Å². The van der Waals surface area contributed by atoms with Gasteiger partial charge in [-0.3, -0.25) is 4.90 Å². The molecule has 0 radical (unpaired) electrons. The molecule has 1 saturated heterocycles. The van der Waals surface area contributed by atoms with Crippen molar-refractivity contribution < 1.29 is 14.6 Å². The van der Waals surface area contributed by atoms with Crippen molar-refractivity contribution >= 4 is 28.3 Å². The van der Waals surface area contributed by atoms with Crippen LogP contribution in [0.4, 0.5) is 0 Å². The maximum Gasteiger partial charge on any atom is 0.227 e. The zero-order valence-corrected chi connectivity index (χ0v) is 25.0. The smallest absolute Gasteiger partial charge is 0.227 e. The predicted octanol–water partition coefficient (Wildman–Crippen LogP) is 6.07. The van der Waals surface area contributed by atoms with Gasteiger partial charge in [0.25, 0.3) is 0 Å². The van der Waals surface area contributed by atoms with Crippen LogP contribution in [0, 0.1) is 25.2 Å². The van der Waals surface area contributed by atoms with Gasteiger partial charge >= 0.3 is 0 Å². The number of oxazole rings is 1. The molecule has 1 fully saturated rings. The van der Waals surface area contributed by atoms with E-state index < -0.39 is 0 Å². The Morgan fingerprint density at radius 1 is 1.00 bits per heavy atom. The maximum atomic E-state index is 9.90. The Labute approximate surface area is 258 Å². The van der Waals surface area contributed by atoms with Crippen molar-refractivity contribution in [1.82, 2.24) is 24.5 Å². The van der Waals surface area contributed by atoms with Crippen molar-refractivity contribution in [3.63, 3.8) is 0 Å². The Bertz CT molecular complexity index is 2110. The van der Waals surface area contributed by atoms with Crippen LogP contribution in [0.2, 0.25) is 5.02 Å². The number of rotatable bonds is 6. The number of benzene rings is 3. The second kappa shape index (κ2) is 11.2. The third-order valence-electron chi connectivity index (χ3n) is 8.38. The van der Waals surface area contributed by atoms with E-state index in [2.05, 4.69) is 35.0 Å². The highest BCUT2D eigenvalue weighted by Crippen LogP contribution is 2.37. The van der Waals surface area contributed by atoms with Gasteiger partial charge in [0.15, 0.2) is 17.1 Å². The molecule has 0 amide bonds. The topological polar surface area (TPSA) is 124 Å². The van der Waals surface area contributed by atoms with Crippen molar-refractivity contribution in [1.29, 1.82) is 5.26 Å². The lowest BCUT2D eigenvalue weighted by atomic mass is 9.91. The minimum Gasteiger partial charge on any atom is -0.435 e. The second-order valence-electron chi connectivity index (χ2n) is 11.3. The minimum absolute atomic E-state index is 0.185. The van der Waals surface area contributed by atoms with Gasteiger partial charge < -0.3 is 14.6 Å². The number of pyridine rings is 1. The number of likely N-dealkylation sites (tertiary alicyclic amines) is 1. The van der Waals surface area contributed by atoms with E-state index in [1.807, 2.05) is 43.5 Å². The van der Waals surface area contributed by atoms with Crippen LogP contribution in [0.3, 0.4) is 0 Å². The van der Waals surface area contributed by atoms with E-state index >= 15 is 0 Å². The van der Waals surface area contributed by atoms with E-state index in [0.717, 1.165) is 51.9 Å². The van der Waals surface area contributed by atoms with Gasteiger partial charge in [0.05, 0.1) is 23.3 Å². The lowest BCUT2D eigenvalue weighted by Gasteiger charge is -2.15. The molecule has 7 rings (SSSR count). The first-order valence-corrected chi connectivity index (χ1v) is 14.8. The van der Waals surface area contributed by atoms with Crippen molar-refractivity contribution in [3.05, 3.63) is 93.6 Å². The first-order chi connectivity index (χ1) is 21.3. The Hall–Kier alpha value is -4.59. The lowest BCUT2D eigenvalue weighted by molar-refractivity contribution is 0.174. The molecule has 0 spiro atoms. The summed E-state index contributed by atoms with van der Waals surface area (Å²) in [6.07, 6.45) is 2.46. The number of halogens is 1. The lowest BCUT2D eigenvalue weighted by Crippen LogP contribution is -2.21. The van der Waals surface area contributed by atoms with E-state index in [1.165, 1.54) is 0 Å². The highest BCUT2D eigenvalue weighted by Gasteiger charge is 2.22. The van der Waals surface area contributed by atoms with Crippen molar-refractivity contribution in [3.8, 4) is 40.0 Å². The Morgan fingerprint density at radius 3 is 2.43 bits per heavy atom. The fourth-order valence-electron chi connectivity index (χ4n) is 6.12. The largest absolute Gasteiger partial charge is 0.435 e. The van der Waals surface area contributed by atoms with E-state index in [4.69, 9.17) is 26.1 Å². The first-order valence-electron chi connectivity index (χ1n) is 14.4. The van der Waals surface area contributed by atoms with Crippen molar-refractivity contribution in [2.45, 2.75) is 39.5 Å². The molecule has 9 nitrogen and oxygen atoms in total. The molecule has 1 atom stereocenters. The molecule has 44 heavy (non-hydrogen) atoms. The standard InChI is InChI=1S/C34H29ClN6O3/c1-19-25(26-6-4-8-28(20(26)2)34-37-30-13-21(18-42)11-23(14-36)31(30)44-34)5-3-7-27(19)32-38-33-29(35)12-22(16-41(33)39-32)15-40-10-9-24(43)17-40/h3-8,11-13,16,24,42-43H,9-10,15,17-18H2,1-2H3/t24-/m1/s1. The highest BCUT2D eigenvalue weighted by molar-refractivity contribution is 6.33. The van der Waals surface area contributed by atoms with Crippen LogP contribution in [-0.2, 0) is 13.2 Å². The molecule has 220 valence electrons. The molecule has 1 aliphatic heterocycles. The van der Waals surface area contributed by atoms with Crippen LogP contribution < -0.4 is 0 Å². The quantitative estimate of drug-likeness (QED) is 0.235. The van der Waals surface area contributed by atoms with Crippen LogP contribution >= 0.6 is 11.6 Å². The third kappa shape index (κ3) is 4.92. The number of fused-ring (bicyclic) bond motifs is 2. The van der Waals surface area contributed by atoms with Gasteiger partial charge in [0.2, 0.25) is 5.89 Å². The van der Waals surface area contributed by atoms with Gasteiger partial charge in [-0.15, -0.1) is 5.10 Å². The normalized spacial score (nSPS) is 15.4. The van der Waals surface area contributed by atoms with Gasteiger partial charge in [0.1, 0.15) is 11.6 Å². The summed E-state index contributed by atoms with van der Waals surface area (Å²) in [5.74, 6) is 0.993. The number of hydrogen-bond donors (Lipinski definition) is 2. The first kappa shape index (κ1) is 28.2. The SMILES string of the molecule is Cc1c(-c2nc3c(Cl)cc(CN4CC[C@@H](O)C4)cn3n2)cccc1-c1cccc(-c2nc3cc(CO)cc(C#N)c3o2)c1C. The summed E-state index contributed by atoms with van der Waals surface area (Å²) in [6.45, 7) is 6.09. The molecule has 10 heteroatoms. The summed E-state index contributed by atoms with van der Waals surface area (Å²) in [6, 6.07) is 19.5. The number of aromatic nitrogens is 4. The maximum absolute atomic E-state index is 9.90. The Kier molecular flexibility index (Phi) is 7.15. The van der Waals surface area contributed by atoms with Crippen LogP contribution in [0.15, 0.2) is 65.2 Å². The number of aliphatic hydroxyl groups excluding tert-OH is 2. The molecular weight excluding hydrogens is 576 g/mol. The number of nitriles is 1. The third-order valence-corrected chi connectivity index (χ3v) is 8.66. The highest BCUT2D eigenvalue weighted by atomic mass is 35.5. The summed E-state index contributed by atoms with van der Waals surface area (Å²) in [5.41, 5.74) is 9.22. The van der Waals surface area contributed by atoms with Gasteiger partial charge in [0, 0.05) is 37.0 Å². The fourth-order valence-corrected chi connectivity index (χ4v) is 6.39. The molecule has 3 aromatic carbocycles. The summed E-state index contributed by atoms with van der Waals surface area (Å²) >= 11 is 6.67. The molecule has 6 aromatic rings. The molecule has 0 saturated carbocycles. The average molecular weight is 605 g/mol. The van der Waals surface area contributed by atoms with E-state index in [-0.39, 0.29) is 12.7 Å². The molecule has 4 heterocycles. The van der Waals surface area contributed by atoms with Gasteiger partial charge in [-0.1, -0.05) is 41.9 Å². The zero-order valence-electron chi connectivity index (χ0n) is 24.3. The number of hydrogen-bond acceptors (Lipinski definition) is 8. The molecule has 0 unspecified atom stereocenters. The minimum atomic E-state index is -0.279. The molecule has 1 aliphatic rings. The number of aliphatic hydroxyl groups is 2. The average Bonchev–Trinajstić information content (AvgIpc) is 3.75. The number of nitrogens with zero attached hydrogens (tertiary/aromatic N) is 6. The van der Waals surface area contributed by atoms with Crippen molar-refractivity contribution in [2.24, 2.45) is 0 Å². The molecule has 0 bridgehead atoms. The molecule has 0 aliphatic carbocycles. The summed E-state index contributed by atoms with van der Waals surface area (Å²) < 4.78 is 7.84. The van der Waals surface area contributed by atoms with Gasteiger partial charge in [-0.25, -0.2) is 14.5 Å². The van der Waals surface area contributed by atoms with E-state index in [9.17, 15) is 15.5 Å². The predicted molar refractivity (Wildman–Crippen MR) is 168 cm³/mol.